The summed E-state index contributed by atoms with van der Waals surface area (Å²) in [6.07, 6.45) is 0. The molecule has 12 aromatic rings. The fourth-order valence-corrected chi connectivity index (χ4v) is 9.48. The monoisotopic (exact) mass is 737 g/mol. The average molecular weight is 738 g/mol. The molecule has 0 spiro atoms. The SMILES string of the molecule is c1ccc(-c2c(-c3ccccc3)c3cc(N(c4cc5ccccc5c5ccccc45)c4cccc5oc6c7ccccc7ccc6c45)ccc3c3ccccc23)cc1. The van der Waals surface area contributed by atoms with Gasteiger partial charge in [-0.05, 0) is 102 Å². The highest BCUT2D eigenvalue weighted by Gasteiger charge is 2.25. The van der Waals surface area contributed by atoms with Crippen molar-refractivity contribution in [3.8, 4) is 22.3 Å². The Morgan fingerprint density at radius 1 is 0.310 bits per heavy atom. The van der Waals surface area contributed by atoms with Crippen LogP contribution in [0, 0.1) is 0 Å². The fourth-order valence-electron chi connectivity index (χ4n) is 9.48. The Morgan fingerprint density at radius 3 is 1.60 bits per heavy atom. The standard InChI is InChI=1S/C56H35NO/c1-3-17-37(18-4-1)53-47-27-14-12-25-44(47)45-33-31-40(35-49(45)54(53)38-19-5-2-6-20-38)57(51-34-39-21-8-9-22-41(39)43-24-11-13-26-46(43)51)50-28-15-29-52-55(50)48-32-30-36-16-7-10-23-42(36)56(48)58-52/h1-35H. The Morgan fingerprint density at radius 2 is 0.862 bits per heavy atom. The lowest BCUT2D eigenvalue weighted by Gasteiger charge is -2.29. The van der Waals surface area contributed by atoms with E-state index in [2.05, 4.69) is 217 Å². The van der Waals surface area contributed by atoms with Gasteiger partial charge in [0.25, 0.3) is 0 Å². The number of hydrogen-bond acceptors (Lipinski definition) is 2. The molecule has 0 unspecified atom stereocenters. The maximum absolute atomic E-state index is 6.82. The highest BCUT2D eigenvalue weighted by atomic mass is 16.3. The second-order valence-corrected chi connectivity index (χ2v) is 15.2. The summed E-state index contributed by atoms with van der Waals surface area (Å²) in [6.45, 7) is 0. The Bertz CT molecular complexity index is 3570. The summed E-state index contributed by atoms with van der Waals surface area (Å²) in [5.41, 5.74) is 9.87. The van der Waals surface area contributed by atoms with Crippen LogP contribution in [0.25, 0.3) is 98.1 Å². The topological polar surface area (TPSA) is 16.4 Å². The summed E-state index contributed by atoms with van der Waals surface area (Å²) in [5, 5.41) is 14.2. The fraction of sp³-hybridized carbons (Fsp3) is 0. The zero-order valence-corrected chi connectivity index (χ0v) is 31.6. The van der Waals surface area contributed by atoms with Crippen molar-refractivity contribution in [2.75, 3.05) is 4.90 Å². The molecule has 0 saturated carbocycles. The van der Waals surface area contributed by atoms with Gasteiger partial charge in [-0.2, -0.15) is 0 Å². The van der Waals surface area contributed by atoms with Gasteiger partial charge < -0.3 is 9.32 Å². The number of hydrogen-bond donors (Lipinski definition) is 0. The van der Waals surface area contributed by atoms with Crippen molar-refractivity contribution in [3.63, 3.8) is 0 Å². The van der Waals surface area contributed by atoms with Crippen molar-refractivity contribution in [2.24, 2.45) is 0 Å². The molecule has 0 N–H and O–H groups in total. The maximum Gasteiger partial charge on any atom is 0.143 e. The molecular formula is C56H35NO. The van der Waals surface area contributed by atoms with Crippen LogP contribution in [0.2, 0.25) is 0 Å². The van der Waals surface area contributed by atoms with E-state index in [0.29, 0.717) is 0 Å². The molecule has 0 aliphatic carbocycles. The van der Waals surface area contributed by atoms with Gasteiger partial charge in [-0.15, -0.1) is 0 Å². The highest BCUT2D eigenvalue weighted by molar-refractivity contribution is 6.24. The third-order valence-electron chi connectivity index (χ3n) is 12.0. The zero-order valence-electron chi connectivity index (χ0n) is 31.6. The van der Waals surface area contributed by atoms with Crippen LogP contribution in [0.15, 0.2) is 217 Å². The first-order chi connectivity index (χ1) is 28.8. The van der Waals surface area contributed by atoms with Gasteiger partial charge in [0, 0.05) is 21.8 Å². The van der Waals surface area contributed by atoms with Crippen LogP contribution in [-0.4, -0.2) is 0 Å². The van der Waals surface area contributed by atoms with E-state index in [1.165, 1.54) is 65.3 Å². The summed E-state index contributed by atoms with van der Waals surface area (Å²) in [6, 6.07) is 77.1. The van der Waals surface area contributed by atoms with Crippen LogP contribution in [0.1, 0.15) is 0 Å². The van der Waals surface area contributed by atoms with Gasteiger partial charge in [0.15, 0.2) is 0 Å². The Hall–Kier alpha value is -7.68. The molecule has 12 rings (SSSR count). The number of nitrogens with zero attached hydrogens (tertiary/aromatic N) is 1. The molecule has 58 heavy (non-hydrogen) atoms. The Kier molecular flexibility index (Phi) is 7.26. The largest absolute Gasteiger partial charge is 0.455 e. The predicted molar refractivity (Wildman–Crippen MR) is 247 cm³/mol. The lowest BCUT2D eigenvalue weighted by atomic mass is 9.85. The van der Waals surface area contributed by atoms with Crippen LogP contribution >= 0.6 is 0 Å². The first kappa shape index (κ1) is 32.6. The van der Waals surface area contributed by atoms with E-state index in [0.717, 1.165) is 49.8 Å². The summed E-state index contributed by atoms with van der Waals surface area (Å²) in [5.74, 6) is 0. The lowest BCUT2D eigenvalue weighted by Crippen LogP contribution is -2.11. The second-order valence-electron chi connectivity index (χ2n) is 15.2. The van der Waals surface area contributed by atoms with Crippen LogP contribution in [-0.2, 0) is 0 Å². The number of rotatable bonds is 5. The third-order valence-corrected chi connectivity index (χ3v) is 12.0. The Balaban J connectivity index is 1.24. The first-order valence-corrected chi connectivity index (χ1v) is 19.9. The number of furan rings is 1. The van der Waals surface area contributed by atoms with Crippen molar-refractivity contribution >= 4 is 92.9 Å². The lowest BCUT2D eigenvalue weighted by molar-refractivity contribution is 0.672. The van der Waals surface area contributed by atoms with Crippen molar-refractivity contribution in [1.82, 2.24) is 0 Å². The number of benzene rings is 11. The van der Waals surface area contributed by atoms with Crippen molar-refractivity contribution < 1.29 is 4.42 Å². The molecule has 2 heteroatoms. The van der Waals surface area contributed by atoms with E-state index in [-0.39, 0.29) is 0 Å². The molecule has 270 valence electrons. The van der Waals surface area contributed by atoms with Gasteiger partial charge >= 0.3 is 0 Å². The maximum atomic E-state index is 6.82. The number of anilines is 3. The van der Waals surface area contributed by atoms with Gasteiger partial charge in [0.1, 0.15) is 11.2 Å². The number of fused-ring (bicyclic) bond motifs is 11. The molecule has 0 aliphatic heterocycles. The van der Waals surface area contributed by atoms with E-state index in [1.54, 1.807) is 0 Å². The first-order valence-electron chi connectivity index (χ1n) is 19.9. The van der Waals surface area contributed by atoms with Gasteiger partial charge in [0.05, 0.1) is 16.8 Å². The smallest absolute Gasteiger partial charge is 0.143 e. The molecule has 0 bridgehead atoms. The van der Waals surface area contributed by atoms with Gasteiger partial charge in [-0.25, -0.2) is 0 Å². The van der Waals surface area contributed by atoms with E-state index >= 15 is 0 Å². The van der Waals surface area contributed by atoms with Crippen molar-refractivity contribution in [2.45, 2.75) is 0 Å². The molecular weight excluding hydrogens is 703 g/mol. The summed E-state index contributed by atoms with van der Waals surface area (Å²) in [7, 11) is 0. The van der Waals surface area contributed by atoms with Crippen LogP contribution in [0.4, 0.5) is 17.1 Å². The zero-order chi connectivity index (χ0) is 38.2. The second kappa shape index (κ2) is 12.9. The molecule has 0 fully saturated rings. The quantitative estimate of drug-likeness (QED) is 0.164. The molecule has 2 nitrogen and oxygen atoms in total. The normalized spacial score (nSPS) is 11.8. The summed E-state index contributed by atoms with van der Waals surface area (Å²) >= 11 is 0. The molecule has 0 atom stereocenters. The molecule has 1 heterocycles. The Labute approximate surface area is 335 Å². The molecule has 1 aromatic heterocycles. The van der Waals surface area contributed by atoms with Crippen molar-refractivity contribution in [1.29, 1.82) is 0 Å². The van der Waals surface area contributed by atoms with Crippen LogP contribution < -0.4 is 4.90 Å². The van der Waals surface area contributed by atoms with Gasteiger partial charge in [-0.3, -0.25) is 0 Å². The molecule has 11 aromatic carbocycles. The van der Waals surface area contributed by atoms with Crippen molar-refractivity contribution in [3.05, 3.63) is 212 Å². The predicted octanol–water partition coefficient (Wildman–Crippen LogP) is 16.2. The molecule has 0 aliphatic rings. The van der Waals surface area contributed by atoms with E-state index in [9.17, 15) is 0 Å². The van der Waals surface area contributed by atoms with Crippen LogP contribution in [0.5, 0.6) is 0 Å². The van der Waals surface area contributed by atoms with Gasteiger partial charge in [0.2, 0.25) is 0 Å². The summed E-state index contributed by atoms with van der Waals surface area (Å²) < 4.78 is 6.82. The average Bonchev–Trinajstić information content (AvgIpc) is 3.69. The molecule has 0 saturated heterocycles. The van der Waals surface area contributed by atoms with Crippen LogP contribution in [0.3, 0.4) is 0 Å². The van der Waals surface area contributed by atoms with E-state index in [4.69, 9.17) is 4.42 Å². The van der Waals surface area contributed by atoms with E-state index in [1.807, 2.05) is 0 Å². The highest BCUT2D eigenvalue weighted by Crippen LogP contribution is 2.50. The minimum absolute atomic E-state index is 0.863. The minimum atomic E-state index is 0.863. The molecule has 0 radical (unpaired) electrons. The van der Waals surface area contributed by atoms with E-state index < -0.39 is 0 Å². The van der Waals surface area contributed by atoms with Gasteiger partial charge in [-0.1, -0.05) is 176 Å². The minimum Gasteiger partial charge on any atom is -0.455 e. The third kappa shape index (κ3) is 4.92. The molecule has 0 amide bonds. The summed E-state index contributed by atoms with van der Waals surface area (Å²) in [4.78, 5) is 2.48.